The second-order valence-electron chi connectivity index (χ2n) is 11.4. The Balaban J connectivity index is 1.42. The first-order valence-electron chi connectivity index (χ1n) is 12.9. The van der Waals surface area contributed by atoms with Crippen molar-refractivity contribution < 1.29 is 19.8 Å². The predicted molar refractivity (Wildman–Crippen MR) is 140 cm³/mol. The summed E-state index contributed by atoms with van der Waals surface area (Å²) in [6, 6.07) is 8.62. The van der Waals surface area contributed by atoms with E-state index in [1.165, 1.54) is 5.56 Å². The first-order chi connectivity index (χ1) is 16.6. The summed E-state index contributed by atoms with van der Waals surface area (Å²) in [6.45, 7) is 6.78. The van der Waals surface area contributed by atoms with E-state index in [1.54, 1.807) is 12.2 Å². The molecule has 3 atom stereocenters. The largest absolute Gasteiger partial charge is 0.396 e. The van der Waals surface area contributed by atoms with Gasteiger partial charge in [0.25, 0.3) is 0 Å². The van der Waals surface area contributed by atoms with Gasteiger partial charge in [0.05, 0.1) is 6.10 Å². The third-order valence-corrected chi connectivity index (χ3v) is 7.50. The standard InChI is InChI=1S/C31H38O4/c1-31(2,3)13-11-20-5-4-6-22(15-20)23-7-8-24(16-23)29(34)18-25-17-26(33)19-28(25)27-10-9-21(12-14-32)30(27)35/h4-6,8,15-17,19,21,26-27,32-33H,7,9-14,18H2,1-3H3. The maximum atomic E-state index is 13.2. The SMILES string of the molecule is CC(C)(C)CCc1cccc(C2=CC(C(=O)CC3=CC(O)C=C3C3CCC(CCO)C3=O)=CC2)c1. The number of carbonyl (C=O) groups is 2. The number of ketones is 2. The van der Waals surface area contributed by atoms with Gasteiger partial charge in [-0.2, -0.15) is 0 Å². The molecule has 0 amide bonds. The molecule has 2 N–H and O–H groups in total. The van der Waals surface area contributed by atoms with Gasteiger partial charge in [0.15, 0.2) is 5.78 Å². The summed E-state index contributed by atoms with van der Waals surface area (Å²) < 4.78 is 0. The summed E-state index contributed by atoms with van der Waals surface area (Å²) in [7, 11) is 0. The van der Waals surface area contributed by atoms with Crippen molar-refractivity contribution >= 4 is 17.1 Å². The molecule has 0 saturated heterocycles. The van der Waals surface area contributed by atoms with E-state index in [4.69, 9.17) is 0 Å². The average molecular weight is 475 g/mol. The number of hydrogen-bond donors (Lipinski definition) is 2. The van der Waals surface area contributed by atoms with Crippen LogP contribution in [0.5, 0.6) is 0 Å². The average Bonchev–Trinajstić information content (AvgIpc) is 3.52. The first kappa shape index (κ1) is 25.5. The van der Waals surface area contributed by atoms with Gasteiger partial charge < -0.3 is 10.2 Å². The number of allylic oxidation sites excluding steroid dienone is 6. The molecule has 0 spiro atoms. The zero-order chi connectivity index (χ0) is 25.2. The highest BCUT2D eigenvalue weighted by molar-refractivity contribution is 6.03. The molecule has 1 aromatic carbocycles. The molecule has 3 aliphatic carbocycles. The Morgan fingerprint density at radius 1 is 1.14 bits per heavy atom. The number of hydrogen-bond acceptors (Lipinski definition) is 4. The highest BCUT2D eigenvalue weighted by atomic mass is 16.3. The number of aliphatic hydroxyl groups excluding tert-OH is 2. The Morgan fingerprint density at radius 3 is 2.69 bits per heavy atom. The smallest absolute Gasteiger partial charge is 0.166 e. The molecular weight excluding hydrogens is 436 g/mol. The molecule has 1 fully saturated rings. The van der Waals surface area contributed by atoms with Crippen LogP contribution >= 0.6 is 0 Å². The van der Waals surface area contributed by atoms with Gasteiger partial charge in [-0.15, -0.1) is 0 Å². The van der Waals surface area contributed by atoms with Crippen molar-refractivity contribution in [3.05, 3.63) is 76.4 Å². The number of carbonyl (C=O) groups excluding carboxylic acids is 2. The van der Waals surface area contributed by atoms with E-state index >= 15 is 0 Å². The van der Waals surface area contributed by atoms with Gasteiger partial charge in [-0.05, 0) is 90.0 Å². The Kier molecular flexibility index (Phi) is 7.73. The van der Waals surface area contributed by atoms with Gasteiger partial charge in [-0.25, -0.2) is 0 Å². The van der Waals surface area contributed by atoms with Crippen molar-refractivity contribution in [3.63, 3.8) is 0 Å². The third-order valence-electron chi connectivity index (χ3n) is 7.50. The minimum atomic E-state index is -0.753. The maximum absolute atomic E-state index is 13.2. The molecule has 0 aromatic heterocycles. The predicted octanol–water partition coefficient (Wildman–Crippen LogP) is 5.54. The van der Waals surface area contributed by atoms with Gasteiger partial charge in [0, 0.05) is 30.4 Å². The van der Waals surface area contributed by atoms with Crippen LogP contribution in [0.15, 0.2) is 65.3 Å². The summed E-state index contributed by atoms with van der Waals surface area (Å²) >= 11 is 0. The summed E-state index contributed by atoms with van der Waals surface area (Å²) in [5.41, 5.74) is 6.22. The van der Waals surface area contributed by atoms with Crippen LogP contribution < -0.4 is 0 Å². The molecule has 0 aliphatic heterocycles. The Labute approximate surface area is 209 Å². The summed E-state index contributed by atoms with van der Waals surface area (Å²) in [6.07, 6.45) is 11.7. The minimum Gasteiger partial charge on any atom is -0.396 e. The van der Waals surface area contributed by atoms with E-state index < -0.39 is 6.10 Å². The number of aryl methyl sites for hydroxylation is 1. The topological polar surface area (TPSA) is 74.6 Å². The van der Waals surface area contributed by atoms with E-state index in [9.17, 15) is 19.8 Å². The lowest BCUT2D eigenvalue weighted by Gasteiger charge is -2.18. The second-order valence-corrected chi connectivity index (χ2v) is 11.4. The molecule has 3 aliphatic rings. The molecule has 35 heavy (non-hydrogen) atoms. The fourth-order valence-corrected chi connectivity index (χ4v) is 5.47. The quantitative estimate of drug-likeness (QED) is 0.493. The fourth-order valence-electron chi connectivity index (χ4n) is 5.47. The van der Waals surface area contributed by atoms with Crippen molar-refractivity contribution in [1.29, 1.82) is 0 Å². The van der Waals surface area contributed by atoms with Crippen molar-refractivity contribution in [2.45, 2.75) is 71.8 Å². The lowest BCUT2D eigenvalue weighted by molar-refractivity contribution is -0.123. The summed E-state index contributed by atoms with van der Waals surface area (Å²) in [5.74, 6) is -0.246. The Morgan fingerprint density at radius 2 is 1.94 bits per heavy atom. The van der Waals surface area contributed by atoms with Crippen LogP contribution in [-0.2, 0) is 16.0 Å². The zero-order valence-electron chi connectivity index (χ0n) is 21.2. The zero-order valence-corrected chi connectivity index (χ0v) is 21.2. The molecule has 4 nitrogen and oxygen atoms in total. The molecular formula is C31H38O4. The fraction of sp³-hybridized carbons (Fsp3) is 0.484. The van der Waals surface area contributed by atoms with Crippen molar-refractivity contribution in [2.75, 3.05) is 6.61 Å². The monoisotopic (exact) mass is 474 g/mol. The molecule has 1 saturated carbocycles. The van der Waals surface area contributed by atoms with Gasteiger partial charge in [0.2, 0.25) is 0 Å². The van der Waals surface area contributed by atoms with Crippen LogP contribution in [0.3, 0.4) is 0 Å². The van der Waals surface area contributed by atoms with Crippen LogP contribution in [-0.4, -0.2) is 34.5 Å². The molecule has 186 valence electrons. The number of benzene rings is 1. The second kappa shape index (κ2) is 10.6. The molecule has 4 heteroatoms. The van der Waals surface area contributed by atoms with Gasteiger partial charge in [-0.3, -0.25) is 9.59 Å². The molecule has 0 bridgehead atoms. The lowest BCUT2D eigenvalue weighted by atomic mass is 9.87. The van der Waals surface area contributed by atoms with Crippen molar-refractivity contribution in [3.8, 4) is 0 Å². The molecule has 0 radical (unpaired) electrons. The van der Waals surface area contributed by atoms with Crippen molar-refractivity contribution in [2.24, 2.45) is 17.3 Å². The van der Waals surface area contributed by atoms with Crippen LogP contribution in [0.25, 0.3) is 5.57 Å². The Hall–Kier alpha value is -2.56. The normalized spacial score (nSPS) is 24.4. The van der Waals surface area contributed by atoms with Crippen LogP contribution in [0.1, 0.15) is 70.4 Å². The highest BCUT2D eigenvalue weighted by Gasteiger charge is 2.38. The lowest BCUT2D eigenvalue weighted by Crippen LogP contribution is -2.18. The molecule has 1 aromatic rings. The number of Topliss-reactive ketones (excluding diaryl/α,β-unsaturated/α-hetero) is 2. The van der Waals surface area contributed by atoms with E-state index in [-0.39, 0.29) is 36.4 Å². The maximum Gasteiger partial charge on any atom is 0.166 e. The number of aliphatic hydroxyl groups is 2. The third kappa shape index (κ3) is 6.17. The van der Waals surface area contributed by atoms with E-state index in [0.717, 1.165) is 48.0 Å². The highest BCUT2D eigenvalue weighted by Crippen LogP contribution is 2.41. The first-order valence-corrected chi connectivity index (χ1v) is 12.9. The molecule has 0 heterocycles. The van der Waals surface area contributed by atoms with Crippen LogP contribution in [0.2, 0.25) is 0 Å². The van der Waals surface area contributed by atoms with E-state index in [0.29, 0.717) is 23.8 Å². The van der Waals surface area contributed by atoms with Gasteiger partial charge in [-0.1, -0.05) is 51.1 Å². The summed E-state index contributed by atoms with van der Waals surface area (Å²) in [5, 5.41) is 19.5. The molecule has 4 rings (SSSR count). The van der Waals surface area contributed by atoms with E-state index in [1.807, 2.05) is 12.2 Å². The van der Waals surface area contributed by atoms with E-state index in [2.05, 4.69) is 45.0 Å². The summed E-state index contributed by atoms with van der Waals surface area (Å²) in [4.78, 5) is 26.0. The van der Waals surface area contributed by atoms with Crippen LogP contribution in [0.4, 0.5) is 0 Å². The van der Waals surface area contributed by atoms with Crippen LogP contribution in [0, 0.1) is 17.3 Å². The van der Waals surface area contributed by atoms with Gasteiger partial charge in [0.1, 0.15) is 5.78 Å². The van der Waals surface area contributed by atoms with Gasteiger partial charge >= 0.3 is 0 Å². The molecule has 3 unspecified atom stereocenters. The number of rotatable bonds is 9. The minimum absolute atomic E-state index is 0.00824. The Bertz CT molecular complexity index is 1110. The van der Waals surface area contributed by atoms with Crippen molar-refractivity contribution in [1.82, 2.24) is 0 Å².